The molecule has 2 nitrogen and oxygen atoms in total. The lowest BCUT2D eigenvalue weighted by Gasteiger charge is -2.11. The Kier molecular flexibility index (Phi) is 4.63. The largest absolute Gasteiger partial charge is 0.507 e. The summed E-state index contributed by atoms with van der Waals surface area (Å²) >= 11 is 0. The van der Waals surface area contributed by atoms with Gasteiger partial charge in [-0.05, 0) is 48.6 Å². The summed E-state index contributed by atoms with van der Waals surface area (Å²) < 4.78 is 5.38. The number of phenols is 1. The van der Waals surface area contributed by atoms with Crippen LogP contribution in [0.15, 0.2) is 12.1 Å². The Bertz CT molecular complexity index is 293. The number of hydrogen-bond acceptors (Lipinski definition) is 2. The molecule has 2 heteroatoms. The van der Waals surface area contributed by atoms with Gasteiger partial charge in [-0.3, -0.25) is 0 Å². The van der Waals surface area contributed by atoms with Crippen LogP contribution in [0.2, 0.25) is 0 Å². The van der Waals surface area contributed by atoms with Crippen LogP contribution >= 0.6 is 0 Å². The van der Waals surface area contributed by atoms with Crippen molar-refractivity contribution in [2.45, 2.75) is 40.2 Å². The van der Waals surface area contributed by atoms with E-state index in [-0.39, 0.29) is 0 Å². The smallest absolute Gasteiger partial charge is 0.121 e. The van der Waals surface area contributed by atoms with E-state index in [1.54, 1.807) is 0 Å². The van der Waals surface area contributed by atoms with E-state index in [1.807, 2.05) is 19.1 Å². The first-order valence-electron chi connectivity index (χ1n) is 5.64. The molecule has 0 aliphatic heterocycles. The van der Waals surface area contributed by atoms with Gasteiger partial charge in [-0.1, -0.05) is 13.8 Å². The molecule has 0 spiro atoms. The zero-order valence-electron chi connectivity index (χ0n) is 9.84. The number of rotatable bonds is 5. The van der Waals surface area contributed by atoms with Gasteiger partial charge in [-0.25, -0.2) is 0 Å². The Balaban J connectivity index is 2.98. The molecule has 0 aliphatic rings. The average Bonchev–Trinajstić information content (AvgIpc) is 2.27. The highest BCUT2D eigenvalue weighted by molar-refractivity contribution is 5.43. The molecule has 1 aromatic rings. The van der Waals surface area contributed by atoms with Crippen molar-refractivity contribution in [2.75, 3.05) is 6.61 Å². The molecule has 15 heavy (non-hydrogen) atoms. The first kappa shape index (κ1) is 12.1. The lowest BCUT2D eigenvalue weighted by Crippen LogP contribution is -1.96. The summed E-state index contributed by atoms with van der Waals surface area (Å²) in [5.74, 6) is 0.459. The van der Waals surface area contributed by atoms with Crippen LogP contribution in [-0.4, -0.2) is 11.7 Å². The van der Waals surface area contributed by atoms with Crippen molar-refractivity contribution in [2.24, 2.45) is 0 Å². The SMILES string of the molecule is CCOCc1cc(CC)c(O)c(CC)c1. The molecule has 0 saturated carbocycles. The highest BCUT2D eigenvalue weighted by Gasteiger charge is 2.07. The minimum absolute atomic E-state index is 0.459. The van der Waals surface area contributed by atoms with E-state index < -0.39 is 0 Å². The van der Waals surface area contributed by atoms with Crippen LogP contribution in [0, 0.1) is 0 Å². The van der Waals surface area contributed by atoms with E-state index in [9.17, 15) is 5.11 Å². The molecule has 0 heterocycles. The number of ether oxygens (including phenoxy) is 1. The molecule has 0 bridgehead atoms. The van der Waals surface area contributed by atoms with Crippen molar-refractivity contribution in [3.05, 3.63) is 28.8 Å². The first-order valence-corrected chi connectivity index (χ1v) is 5.64. The molecule has 0 unspecified atom stereocenters. The monoisotopic (exact) mass is 208 g/mol. The lowest BCUT2D eigenvalue weighted by atomic mass is 10.0. The molecule has 1 aromatic carbocycles. The topological polar surface area (TPSA) is 29.5 Å². The molecule has 1 rings (SSSR count). The van der Waals surface area contributed by atoms with E-state index in [1.165, 1.54) is 0 Å². The second-order valence-electron chi connectivity index (χ2n) is 3.61. The standard InChI is InChI=1S/C13H20O2/c1-4-11-7-10(9-15-6-3)8-12(5-2)13(11)14/h7-8,14H,4-6,9H2,1-3H3. The maximum absolute atomic E-state index is 9.90. The minimum atomic E-state index is 0.459. The van der Waals surface area contributed by atoms with Crippen molar-refractivity contribution in [1.82, 2.24) is 0 Å². The van der Waals surface area contributed by atoms with Crippen molar-refractivity contribution < 1.29 is 9.84 Å². The Morgan fingerprint density at radius 1 is 1.07 bits per heavy atom. The number of phenolic OH excluding ortho intramolecular Hbond substituents is 1. The van der Waals surface area contributed by atoms with E-state index in [0.717, 1.165) is 36.1 Å². The van der Waals surface area contributed by atoms with Crippen LogP contribution in [0.25, 0.3) is 0 Å². The van der Waals surface area contributed by atoms with Gasteiger partial charge >= 0.3 is 0 Å². The van der Waals surface area contributed by atoms with Gasteiger partial charge in [0.05, 0.1) is 6.61 Å². The molecule has 0 radical (unpaired) electrons. The Labute approximate surface area is 91.9 Å². The van der Waals surface area contributed by atoms with Crippen LogP contribution < -0.4 is 0 Å². The highest BCUT2D eigenvalue weighted by atomic mass is 16.5. The number of hydrogen-bond donors (Lipinski definition) is 1. The molecule has 0 aliphatic carbocycles. The fourth-order valence-corrected chi connectivity index (χ4v) is 1.67. The fourth-order valence-electron chi connectivity index (χ4n) is 1.67. The average molecular weight is 208 g/mol. The molecule has 0 aromatic heterocycles. The summed E-state index contributed by atoms with van der Waals surface area (Å²) in [5.41, 5.74) is 3.19. The van der Waals surface area contributed by atoms with Gasteiger partial charge < -0.3 is 9.84 Å². The summed E-state index contributed by atoms with van der Waals surface area (Å²) in [6.45, 7) is 7.46. The molecular formula is C13H20O2. The fraction of sp³-hybridized carbons (Fsp3) is 0.538. The molecule has 1 N–H and O–H groups in total. The Morgan fingerprint density at radius 2 is 1.60 bits per heavy atom. The predicted octanol–water partition coefficient (Wildman–Crippen LogP) is 3.05. The second-order valence-corrected chi connectivity index (χ2v) is 3.61. The van der Waals surface area contributed by atoms with Gasteiger partial charge in [0.1, 0.15) is 5.75 Å². The summed E-state index contributed by atoms with van der Waals surface area (Å²) in [6, 6.07) is 4.06. The second kappa shape index (κ2) is 5.76. The van der Waals surface area contributed by atoms with Gasteiger partial charge in [0, 0.05) is 6.61 Å². The summed E-state index contributed by atoms with van der Waals surface area (Å²) in [7, 11) is 0. The van der Waals surface area contributed by atoms with Crippen molar-refractivity contribution >= 4 is 0 Å². The third kappa shape index (κ3) is 2.96. The summed E-state index contributed by atoms with van der Waals surface area (Å²) in [5, 5.41) is 9.90. The first-order chi connectivity index (χ1) is 7.22. The predicted molar refractivity (Wildman–Crippen MR) is 62.2 cm³/mol. The van der Waals surface area contributed by atoms with E-state index in [2.05, 4.69) is 13.8 Å². The Hall–Kier alpha value is -1.02. The third-order valence-corrected chi connectivity index (χ3v) is 2.56. The van der Waals surface area contributed by atoms with E-state index >= 15 is 0 Å². The van der Waals surface area contributed by atoms with Gasteiger partial charge in [0.25, 0.3) is 0 Å². The zero-order chi connectivity index (χ0) is 11.3. The van der Waals surface area contributed by atoms with Crippen LogP contribution in [0.3, 0.4) is 0 Å². The maximum Gasteiger partial charge on any atom is 0.121 e. The van der Waals surface area contributed by atoms with Crippen molar-refractivity contribution in [3.8, 4) is 5.75 Å². The Morgan fingerprint density at radius 3 is 2.00 bits per heavy atom. The van der Waals surface area contributed by atoms with Gasteiger partial charge in [0.2, 0.25) is 0 Å². The molecule has 0 saturated heterocycles. The number of aryl methyl sites for hydroxylation is 2. The highest BCUT2D eigenvalue weighted by Crippen LogP contribution is 2.26. The third-order valence-electron chi connectivity index (χ3n) is 2.56. The van der Waals surface area contributed by atoms with Crippen LogP contribution in [0.4, 0.5) is 0 Å². The van der Waals surface area contributed by atoms with Gasteiger partial charge in [-0.2, -0.15) is 0 Å². The summed E-state index contributed by atoms with van der Waals surface area (Å²) in [4.78, 5) is 0. The van der Waals surface area contributed by atoms with Gasteiger partial charge in [-0.15, -0.1) is 0 Å². The molecule has 0 fully saturated rings. The lowest BCUT2D eigenvalue weighted by molar-refractivity contribution is 0.134. The number of benzene rings is 1. The van der Waals surface area contributed by atoms with Crippen LogP contribution in [0.5, 0.6) is 5.75 Å². The van der Waals surface area contributed by atoms with Crippen LogP contribution in [-0.2, 0) is 24.2 Å². The minimum Gasteiger partial charge on any atom is -0.507 e. The van der Waals surface area contributed by atoms with E-state index in [4.69, 9.17) is 4.74 Å². The zero-order valence-corrected chi connectivity index (χ0v) is 9.84. The number of aromatic hydroxyl groups is 1. The molecule has 0 atom stereocenters. The quantitative estimate of drug-likeness (QED) is 0.805. The normalized spacial score (nSPS) is 10.6. The van der Waals surface area contributed by atoms with Crippen LogP contribution in [0.1, 0.15) is 37.5 Å². The molecular weight excluding hydrogens is 188 g/mol. The van der Waals surface area contributed by atoms with Crippen molar-refractivity contribution in [3.63, 3.8) is 0 Å². The van der Waals surface area contributed by atoms with Crippen molar-refractivity contribution in [1.29, 1.82) is 0 Å². The molecule has 84 valence electrons. The maximum atomic E-state index is 9.90. The van der Waals surface area contributed by atoms with Gasteiger partial charge in [0.15, 0.2) is 0 Å². The summed E-state index contributed by atoms with van der Waals surface area (Å²) in [6.07, 6.45) is 1.72. The molecule has 0 amide bonds. The van der Waals surface area contributed by atoms with E-state index in [0.29, 0.717) is 12.4 Å².